The van der Waals surface area contributed by atoms with Crippen LogP contribution >= 0.6 is 0 Å². The molecule has 0 aliphatic rings. The van der Waals surface area contributed by atoms with Gasteiger partial charge in [0.1, 0.15) is 0 Å². The van der Waals surface area contributed by atoms with Crippen molar-refractivity contribution in [2.24, 2.45) is 0 Å². The maximum Gasteiger partial charge on any atom is 0.217 e. The van der Waals surface area contributed by atoms with Gasteiger partial charge in [0.25, 0.3) is 0 Å². The van der Waals surface area contributed by atoms with Gasteiger partial charge in [-0.25, -0.2) is 13.4 Å². The summed E-state index contributed by atoms with van der Waals surface area (Å²) < 4.78 is 30.0. The Kier molecular flexibility index (Phi) is 3.94. The van der Waals surface area contributed by atoms with Gasteiger partial charge in [0.05, 0.1) is 23.4 Å². The van der Waals surface area contributed by atoms with Crippen molar-refractivity contribution in [2.45, 2.75) is 17.6 Å². The summed E-state index contributed by atoms with van der Waals surface area (Å²) in [5.41, 5.74) is 7.40. The second-order valence-electron chi connectivity index (χ2n) is 4.42. The van der Waals surface area contributed by atoms with Gasteiger partial charge in [-0.2, -0.15) is 0 Å². The Morgan fingerprint density at radius 3 is 2.70 bits per heavy atom. The van der Waals surface area contributed by atoms with Crippen LogP contribution in [0.5, 0.6) is 5.88 Å². The number of nitrogens with zero attached hydrogens (tertiary/aromatic N) is 1. The highest BCUT2D eigenvalue weighted by atomic mass is 32.2. The number of methoxy groups -OCH3 is 1. The van der Waals surface area contributed by atoms with E-state index in [0.717, 1.165) is 5.56 Å². The van der Waals surface area contributed by atoms with Crippen molar-refractivity contribution in [1.29, 1.82) is 0 Å². The van der Waals surface area contributed by atoms with Crippen molar-refractivity contribution in [3.05, 3.63) is 47.7 Å². The van der Waals surface area contributed by atoms with Crippen molar-refractivity contribution >= 4 is 15.5 Å². The molecule has 0 aliphatic heterocycles. The van der Waals surface area contributed by atoms with E-state index in [9.17, 15) is 8.42 Å². The minimum absolute atomic E-state index is 0.142. The summed E-state index contributed by atoms with van der Waals surface area (Å²) in [5, 5.41) is 0. The van der Waals surface area contributed by atoms with Gasteiger partial charge in [-0.1, -0.05) is 18.2 Å². The Morgan fingerprint density at radius 2 is 2.00 bits per heavy atom. The molecule has 106 valence electrons. The van der Waals surface area contributed by atoms with Crippen LogP contribution in [0, 0.1) is 6.92 Å². The van der Waals surface area contributed by atoms with E-state index >= 15 is 0 Å². The monoisotopic (exact) mass is 292 g/mol. The molecular formula is C14H16N2O3S. The predicted octanol–water partition coefficient (Wildman–Crippen LogP) is 1.95. The number of ether oxygens (including phenoxy) is 1. The van der Waals surface area contributed by atoms with E-state index in [2.05, 4.69) is 4.98 Å². The first-order chi connectivity index (χ1) is 9.45. The second-order valence-corrected chi connectivity index (χ2v) is 6.38. The molecule has 0 radical (unpaired) electrons. The fourth-order valence-electron chi connectivity index (χ4n) is 1.93. The Balaban J connectivity index is 2.44. The molecule has 6 heteroatoms. The molecule has 2 rings (SSSR count). The van der Waals surface area contributed by atoms with Gasteiger partial charge in [-0.3, -0.25) is 0 Å². The van der Waals surface area contributed by atoms with Gasteiger partial charge < -0.3 is 10.5 Å². The number of hydrogen-bond donors (Lipinski definition) is 1. The third kappa shape index (κ3) is 2.75. The smallest absolute Gasteiger partial charge is 0.217 e. The molecule has 0 aliphatic carbocycles. The normalized spacial score (nSPS) is 11.3. The minimum Gasteiger partial charge on any atom is -0.481 e. The summed E-state index contributed by atoms with van der Waals surface area (Å²) in [4.78, 5) is 4.14. The number of sulfone groups is 1. The van der Waals surface area contributed by atoms with Gasteiger partial charge in [0, 0.05) is 11.8 Å². The summed E-state index contributed by atoms with van der Waals surface area (Å²) in [7, 11) is -2.09. The highest BCUT2D eigenvalue weighted by molar-refractivity contribution is 7.90. The van der Waals surface area contributed by atoms with Gasteiger partial charge in [-0.05, 0) is 24.6 Å². The van der Waals surface area contributed by atoms with Crippen LogP contribution in [0.1, 0.15) is 11.1 Å². The first kappa shape index (κ1) is 14.3. The number of para-hydroxylation sites is 1. The molecule has 0 amide bonds. The van der Waals surface area contributed by atoms with Crippen molar-refractivity contribution in [3.8, 4) is 5.88 Å². The number of hydrogen-bond acceptors (Lipinski definition) is 5. The molecule has 0 atom stereocenters. The molecule has 0 bridgehead atoms. The van der Waals surface area contributed by atoms with E-state index in [1.54, 1.807) is 37.4 Å². The quantitative estimate of drug-likeness (QED) is 0.871. The van der Waals surface area contributed by atoms with Gasteiger partial charge in [-0.15, -0.1) is 0 Å². The average Bonchev–Trinajstić information content (AvgIpc) is 2.42. The average molecular weight is 292 g/mol. The fourth-order valence-corrected chi connectivity index (χ4v) is 3.49. The van der Waals surface area contributed by atoms with Crippen LogP contribution in [-0.4, -0.2) is 20.5 Å². The number of nitrogens with two attached hydrogens (primary N) is 1. The zero-order valence-electron chi connectivity index (χ0n) is 11.3. The highest BCUT2D eigenvalue weighted by Gasteiger charge is 2.21. The molecular weight excluding hydrogens is 276 g/mol. The molecule has 1 aromatic carbocycles. The lowest BCUT2D eigenvalue weighted by atomic mass is 10.2. The SMILES string of the molecule is COc1ncccc1CS(=O)(=O)c1cccc(C)c1N. The number of benzene rings is 1. The predicted molar refractivity (Wildman–Crippen MR) is 77.3 cm³/mol. The molecule has 0 unspecified atom stereocenters. The number of pyridine rings is 1. The standard InChI is InChI=1S/C14H16N2O3S/c1-10-5-3-7-12(13(10)15)20(17,18)9-11-6-4-8-16-14(11)19-2/h3-8H,9,15H2,1-2H3. The first-order valence-corrected chi connectivity index (χ1v) is 7.66. The van der Waals surface area contributed by atoms with Crippen LogP contribution in [0.15, 0.2) is 41.4 Å². The second kappa shape index (κ2) is 5.50. The molecule has 0 fully saturated rings. The van der Waals surface area contributed by atoms with Crippen LogP contribution in [0.25, 0.3) is 0 Å². The summed E-state index contributed by atoms with van der Waals surface area (Å²) in [6.07, 6.45) is 1.55. The number of anilines is 1. The third-order valence-electron chi connectivity index (χ3n) is 3.01. The third-order valence-corrected chi connectivity index (χ3v) is 4.73. The van der Waals surface area contributed by atoms with Crippen LogP contribution in [-0.2, 0) is 15.6 Å². The highest BCUT2D eigenvalue weighted by Crippen LogP contribution is 2.27. The molecule has 0 saturated carbocycles. The summed E-state index contributed by atoms with van der Waals surface area (Å²) >= 11 is 0. The van der Waals surface area contributed by atoms with E-state index < -0.39 is 9.84 Å². The maximum absolute atomic E-state index is 12.5. The molecule has 1 heterocycles. The van der Waals surface area contributed by atoms with E-state index in [1.807, 2.05) is 0 Å². The first-order valence-electron chi connectivity index (χ1n) is 6.01. The van der Waals surface area contributed by atoms with Crippen molar-refractivity contribution in [1.82, 2.24) is 4.98 Å². The molecule has 20 heavy (non-hydrogen) atoms. The van der Waals surface area contributed by atoms with Crippen LogP contribution in [0.2, 0.25) is 0 Å². The Hall–Kier alpha value is -2.08. The maximum atomic E-state index is 12.5. The summed E-state index contributed by atoms with van der Waals surface area (Å²) in [6.45, 7) is 1.78. The van der Waals surface area contributed by atoms with E-state index in [0.29, 0.717) is 11.4 Å². The number of nitrogen functional groups attached to an aromatic ring is 1. The molecule has 2 N–H and O–H groups in total. The largest absolute Gasteiger partial charge is 0.481 e. The number of aryl methyl sites for hydroxylation is 1. The van der Waals surface area contributed by atoms with Crippen LogP contribution in [0.4, 0.5) is 5.69 Å². The van der Waals surface area contributed by atoms with Gasteiger partial charge in [0.2, 0.25) is 5.88 Å². The summed E-state index contributed by atoms with van der Waals surface area (Å²) in [6, 6.07) is 8.32. The molecule has 0 saturated heterocycles. The van der Waals surface area contributed by atoms with E-state index in [-0.39, 0.29) is 16.3 Å². The topological polar surface area (TPSA) is 82.3 Å². The number of aromatic nitrogens is 1. The van der Waals surface area contributed by atoms with Crippen molar-refractivity contribution < 1.29 is 13.2 Å². The fraction of sp³-hybridized carbons (Fsp3) is 0.214. The lowest BCUT2D eigenvalue weighted by Crippen LogP contribution is -2.10. The van der Waals surface area contributed by atoms with Crippen LogP contribution < -0.4 is 10.5 Å². The van der Waals surface area contributed by atoms with Crippen molar-refractivity contribution in [2.75, 3.05) is 12.8 Å². The van der Waals surface area contributed by atoms with Crippen LogP contribution in [0.3, 0.4) is 0 Å². The summed E-state index contributed by atoms with van der Waals surface area (Å²) in [5.74, 6) is 0.111. The van der Waals surface area contributed by atoms with Gasteiger partial charge in [0.15, 0.2) is 9.84 Å². The zero-order valence-corrected chi connectivity index (χ0v) is 12.1. The van der Waals surface area contributed by atoms with Gasteiger partial charge >= 0.3 is 0 Å². The molecule has 2 aromatic rings. The number of rotatable bonds is 4. The van der Waals surface area contributed by atoms with E-state index in [4.69, 9.17) is 10.5 Å². The lowest BCUT2D eigenvalue weighted by molar-refractivity contribution is 0.394. The Bertz CT molecular complexity index is 727. The lowest BCUT2D eigenvalue weighted by Gasteiger charge is -2.11. The minimum atomic E-state index is -3.54. The van der Waals surface area contributed by atoms with Crippen molar-refractivity contribution in [3.63, 3.8) is 0 Å². The Labute approximate surface area is 118 Å². The van der Waals surface area contributed by atoms with E-state index in [1.165, 1.54) is 13.2 Å². The Morgan fingerprint density at radius 1 is 1.25 bits per heavy atom. The zero-order chi connectivity index (χ0) is 14.8. The molecule has 0 spiro atoms. The molecule has 1 aromatic heterocycles. The molecule has 5 nitrogen and oxygen atoms in total.